The Morgan fingerprint density at radius 3 is 2.45 bits per heavy atom. The number of amides is 2. The molecule has 1 aromatic rings. The van der Waals surface area contributed by atoms with Gasteiger partial charge in [0.05, 0.1) is 24.0 Å². The Morgan fingerprint density at radius 2 is 1.73 bits per heavy atom. The Morgan fingerprint density at radius 1 is 1.05 bits per heavy atom. The number of hydrogen-bond donors (Lipinski definition) is 4. The van der Waals surface area contributed by atoms with E-state index >= 15 is 0 Å². The lowest BCUT2D eigenvalue weighted by molar-refractivity contribution is -0.149. The van der Waals surface area contributed by atoms with Gasteiger partial charge in [-0.2, -0.15) is 0 Å². The van der Waals surface area contributed by atoms with E-state index in [2.05, 4.69) is 15.8 Å². The number of carbonyl (C=O) groups excluding carboxylic acids is 3. The van der Waals surface area contributed by atoms with Crippen LogP contribution in [0.2, 0.25) is 0 Å². The van der Waals surface area contributed by atoms with Crippen LogP contribution in [0.3, 0.4) is 0 Å². The van der Waals surface area contributed by atoms with Crippen molar-refractivity contribution in [2.45, 2.75) is 102 Å². The third kappa shape index (κ3) is 8.30. The first-order valence-corrected chi connectivity index (χ1v) is 15.5. The van der Waals surface area contributed by atoms with Crippen molar-refractivity contribution in [2.75, 3.05) is 13.1 Å². The first-order valence-electron chi connectivity index (χ1n) is 14.7. The van der Waals surface area contributed by atoms with E-state index in [9.17, 15) is 14.4 Å². The highest BCUT2D eigenvalue weighted by molar-refractivity contribution is 7.14. The minimum Gasteiger partial charge on any atom is -0.461 e. The predicted octanol–water partition coefficient (Wildman–Crippen LogP) is 3.42. The molecule has 2 heterocycles. The number of ether oxygens (including phenoxy) is 1. The minimum atomic E-state index is -0.717. The highest BCUT2D eigenvalue weighted by atomic mass is 32.1. The topological polar surface area (TPSA) is 146 Å². The Bertz CT molecular complexity index is 1060. The second-order valence-electron chi connectivity index (χ2n) is 11.0. The van der Waals surface area contributed by atoms with Gasteiger partial charge >= 0.3 is 5.97 Å². The van der Waals surface area contributed by atoms with Gasteiger partial charge in [-0.05, 0) is 56.6 Å². The zero-order valence-electron chi connectivity index (χ0n) is 23.2. The quantitative estimate of drug-likeness (QED) is 0.0838. The molecule has 0 aromatic carbocycles. The molecule has 11 heteroatoms. The van der Waals surface area contributed by atoms with E-state index in [-0.39, 0.29) is 48.7 Å². The molecular formula is C29H43N5O5S. The molecule has 2 aliphatic carbocycles. The van der Waals surface area contributed by atoms with Gasteiger partial charge in [0.1, 0.15) is 12.1 Å². The van der Waals surface area contributed by atoms with Crippen molar-refractivity contribution in [1.29, 1.82) is 0 Å². The van der Waals surface area contributed by atoms with E-state index in [4.69, 9.17) is 15.7 Å². The minimum absolute atomic E-state index is 0.0114. The van der Waals surface area contributed by atoms with Crippen molar-refractivity contribution in [1.82, 2.24) is 15.5 Å². The van der Waals surface area contributed by atoms with Gasteiger partial charge in [0.2, 0.25) is 11.8 Å². The molecule has 40 heavy (non-hydrogen) atoms. The summed E-state index contributed by atoms with van der Waals surface area (Å²) in [5, 5.41) is 18.0. The van der Waals surface area contributed by atoms with E-state index in [0.29, 0.717) is 11.4 Å². The van der Waals surface area contributed by atoms with Crippen LogP contribution in [-0.2, 0) is 25.7 Å². The lowest BCUT2D eigenvalue weighted by atomic mass is 9.83. The number of nitrogens with zero attached hydrogens (tertiary/aromatic N) is 2. The number of oxime groups is 1. The third-order valence-electron chi connectivity index (χ3n) is 8.17. The van der Waals surface area contributed by atoms with Gasteiger partial charge in [-0.1, -0.05) is 55.8 Å². The molecule has 1 aliphatic heterocycles. The van der Waals surface area contributed by atoms with Crippen molar-refractivity contribution in [2.24, 2.45) is 16.8 Å². The van der Waals surface area contributed by atoms with Crippen molar-refractivity contribution in [3.8, 4) is 0 Å². The number of nitrogens with two attached hydrogens (primary N) is 1. The van der Waals surface area contributed by atoms with Crippen molar-refractivity contribution >= 4 is 35.0 Å². The number of thiophene rings is 1. The van der Waals surface area contributed by atoms with Gasteiger partial charge < -0.3 is 25.9 Å². The molecule has 2 fully saturated rings. The van der Waals surface area contributed by atoms with Crippen LogP contribution in [0.15, 0.2) is 29.4 Å². The fourth-order valence-electron chi connectivity index (χ4n) is 5.97. The lowest BCUT2D eigenvalue weighted by Gasteiger charge is -2.34. The predicted molar refractivity (Wildman–Crippen MR) is 154 cm³/mol. The van der Waals surface area contributed by atoms with E-state index in [1.54, 1.807) is 17.0 Å². The van der Waals surface area contributed by atoms with Gasteiger partial charge in [-0.25, -0.2) is 0 Å². The van der Waals surface area contributed by atoms with Crippen LogP contribution in [0.4, 0.5) is 0 Å². The van der Waals surface area contributed by atoms with E-state index in [1.165, 1.54) is 30.6 Å². The molecule has 2 saturated carbocycles. The van der Waals surface area contributed by atoms with Gasteiger partial charge in [0, 0.05) is 11.4 Å². The number of nitrogens with one attached hydrogen (secondary N) is 2. The number of hydrogen-bond acceptors (Lipinski definition) is 8. The van der Waals surface area contributed by atoms with E-state index < -0.39 is 12.1 Å². The van der Waals surface area contributed by atoms with Crippen LogP contribution in [0, 0.1) is 5.92 Å². The fourth-order valence-corrected chi connectivity index (χ4v) is 6.82. The Balaban J connectivity index is 1.35. The summed E-state index contributed by atoms with van der Waals surface area (Å²) in [7, 11) is 0. The molecule has 2 atom stereocenters. The normalized spacial score (nSPS) is 21.9. The number of amidine groups is 1. The summed E-state index contributed by atoms with van der Waals surface area (Å²) in [5.74, 6) is -0.598. The summed E-state index contributed by atoms with van der Waals surface area (Å²) in [6.07, 6.45) is 16.2. The molecular weight excluding hydrogens is 530 g/mol. The fraction of sp³-hybridized carbons (Fsp3) is 0.655. The van der Waals surface area contributed by atoms with Gasteiger partial charge in [-0.3, -0.25) is 19.7 Å². The summed E-state index contributed by atoms with van der Waals surface area (Å²) in [5.41, 5.74) is 5.64. The number of esters is 1. The molecule has 0 radical (unpaired) electrons. The average molecular weight is 574 g/mol. The monoisotopic (exact) mass is 573 g/mol. The molecule has 3 aliphatic rings. The Labute approximate surface area is 240 Å². The van der Waals surface area contributed by atoms with Gasteiger partial charge in [0.25, 0.3) is 0 Å². The maximum absolute atomic E-state index is 13.9. The van der Waals surface area contributed by atoms with Crippen LogP contribution in [0.25, 0.3) is 0 Å². The lowest BCUT2D eigenvalue weighted by Crippen LogP contribution is -2.56. The number of carbonyl (C=O) groups is 3. The van der Waals surface area contributed by atoms with Crippen molar-refractivity contribution < 1.29 is 24.3 Å². The van der Waals surface area contributed by atoms with E-state index in [0.717, 1.165) is 62.7 Å². The maximum Gasteiger partial charge on any atom is 0.320 e. The molecule has 1 aromatic heterocycles. The van der Waals surface area contributed by atoms with Gasteiger partial charge in [-0.15, -0.1) is 11.3 Å². The van der Waals surface area contributed by atoms with Crippen LogP contribution >= 0.6 is 11.3 Å². The SMILES string of the molecule is N/C(=N\O)c1ccc(CNC(=O)C2C=CCN2C(=O)[C@@H](NCC(=O)OC2CCCCCCC2)C2CCCCC2)s1. The summed E-state index contributed by atoms with van der Waals surface area (Å²) in [4.78, 5) is 42.8. The van der Waals surface area contributed by atoms with Crippen molar-refractivity contribution in [3.05, 3.63) is 34.0 Å². The standard InChI is InChI=1S/C29H43N5O5S/c30-27(33-38)24-16-15-22(40-24)18-32-28(36)23-14-9-17-34(23)29(37)26(20-10-5-4-6-11-20)31-19-25(35)39-21-12-7-2-1-3-8-13-21/h9,14-16,20-21,23,26,31,38H,1-8,10-13,17-19H2,(H2,30,33)(H,32,36)/t23?,26-/m0/s1. The third-order valence-corrected chi connectivity index (χ3v) is 9.28. The molecule has 220 valence electrons. The molecule has 0 spiro atoms. The highest BCUT2D eigenvalue weighted by Crippen LogP contribution is 2.29. The Hall–Kier alpha value is -2.92. The Kier molecular flexibility index (Phi) is 11.4. The zero-order chi connectivity index (χ0) is 28.3. The first-order chi connectivity index (χ1) is 19.5. The van der Waals surface area contributed by atoms with Crippen molar-refractivity contribution in [3.63, 3.8) is 0 Å². The molecule has 2 amide bonds. The molecule has 5 N–H and O–H groups in total. The van der Waals surface area contributed by atoms with Crippen LogP contribution < -0.4 is 16.4 Å². The second-order valence-corrected chi connectivity index (χ2v) is 12.2. The largest absolute Gasteiger partial charge is 0.461 e. The number of rotatable bonds is 10. The smallest absolute Gasteiger partial charge is 0.320 e. The zero-order valence-corrected chi connectivity index (χ0v) is 24.0. The molecule has 4 rings (SSSR count). The van der Waals surface area contributed by atoms with Gasteiger partial charge in [0.15, 0.2) is 5.84 Å². The van der Waals surface area contributed by atoms with Crippen LogP contribution in [0.1, 0.15) is 86.8 Å². The summed E-state index contributed by atoms with van der Waals surface area (Å²) in [6, 6.07) is 2.28. The first kappa shape index (κ1) is 30.0. The summed E-state index contributed by atoms with van der Waals surface area (Å²) < 4.78 is 5.80. The second kappa shape index (κ2) is 15.2. The van der Waals surface area contributed by atoms with E-state index in [1.807, 2.05) is 12.1 Å². The highest BCUT2D eigenvalue weighted by Gasteiger charge is 2.38. The summed E-state index contributed by atoms with van der Waals surface area (Å²) >= 11 is 1.32. The van der Waals surface area contributed by atoms with Crippen LogP contribution in [0.5, 0.6) is 0 Å². The maximum atomic E-state index is 13.9. The summed E-state index contributed by atoms with van der Waals surface area (Å²) in [6.45, 7) is 0.607. The average Bonchev–Trinajstić information content (AvgIpc) is 3.64. The molecule has 0 saturated heterocycles. The van der Waals surface area contributed by atoms with Crippen LogP contribution in [-0.4, -0.2) is 65.0 Å². The molecule has 1 unspecified atom stereocenters. The molecule has 0 bridgehead atoms. The molecule has 10 nitrogen and oxygen atoms in total.